The molecule has 4 rings (SSSR count). The lowest BCUT2D eigenvalue weighted by Gasteiger charge is -2.18. The number of anilines is 2. The first-order chi connectivity index (χ1) is 15.0. The van der Waals surface area contributed by atoms with Crippen molar-refractivity contribution in [2.24, 2.45) is 0 Å². The summed E-state index contributed by atoms with van der Waals surface area (Å²) in [6.07, 6.45) is 0. The number of thioether (sulfide) groups is 1. The van der Waals surface area contributed by atoms with Crippen LogP contribution in [-0.4, -0.2) is 30.6 Å². The second-order valence-corrected chi connectivity index (χ2v) is 8.15. The first-order valence-corrected chi connectivity index (χ1v) is 10.7. The number of fused-ring (bicyclic) bond motifs is 1. The van der Waals surface area contributed by atoms with Crippen LogP contribution in [0.3, 0.4) is 0 Å². The van der Waals surface area contributed by atoms with Gasteiger partial charge in [0.25, 0.3) is 11.8 Å². The van der Waals surface area contributed by atoms with Crippen LogP contribution in [0.4, 0.5) is 11.4 Å². The Kier molecular flexibility index (Phi) is 5.97. The number of nitrogens with zero attached hydrogens (tertiary/aromatic N) is 1. The van der Waals surface area contributed by atoms with Gasteiger partial charge in [-0.25, -0.2) is 4.90 Å². The average Bonchev–Trinajstić information content (AvgIpc) is 3.03. The van der Waals surface area contributed by atoms with Gasteiger partial charge in [0.1, 0.15) is 5.75 Å². The molecule has 1 aliphatic heterocycles. The molecular formula is C23H17ClN2O4S. The monoisotopic (exact) mass is 452 g/mol. The molecule has 31 heavy (non-hydrogen) atoms. The molecule has 8 heteroatoms. The third kappa shape index (κ3) is 4.28. The minimum absolute atomic E-state index is 0.199. The number of hydrogen-bond acceptors (Lipinski definition) is 5. The minimum Gasteiger partial charge on any atom is -0.494 e. The highest BCUT2D eigenvalue weighted by Crippen LogP contribution is 2.36. The molecule has 0 saturated heterocycles. The molecule has 0 fully saturated rings. The Morgan fingerprint density at radius 2 is 1.65 bits per heavy atom. The third-order valence-corrected chi connectivity index (χ3v) is 5.95. The Balaban J connectivity index is 1.48. The molecule has 6 nitrogen and oxygen atoms in total. The quantitative estimate of drug-likeness (QED) is 0.426. The summed E-state index contributed by atoms with van der Waals surface area (Å²) < 4.78 is 5.40. The molecule has 0 aromatic heterocycles. The molecule has 156 valence electrons. The predicted octanol–water partition coefficient (Wildman–Crippen LogP) is 4.88. The zero-order valence-corrected chi connectivity index (χ0v) is 18.0. The molecule has 0 saturated carbocycles. The Morgan fingerprint density at radius 1 is 1.00 bits per heavy atom. The fourth-order valence-corrected chi connectivity index (χ4v) is 4.05. The van der Waals surface area contributed by atoms with Crippen molar-refractivity contribution < 1.29 is 19.1 Å². The van der Waals surface area contributed by atoms with Gasteiger partial charge >= 0.3 is 0 Å². The van der Waals surface area contributed by atoms with E-state index in [0.29, 0.717) is 33.3 Å². The maximum Gasteiger partial charge on any atom is 0.266 e. The van der Waals surface area contributed by atoms with Gasteiger partial charge in [-0.05, 0) is 48.5 Å². The van der Waals surface area contributed by atoms with Crippen LogP contribution in [0.15, 0.2) is 71.6 Å². The van der Waals surface area contributed by atoms with E-state index >= 15 is 0 Å². The average molecular weight is 453 g/mol. The molecule has 0 aliphatic carbocycles. The number of ether oxygens (including phenoxy) is 1. The second kappa shape index (κ2) is 8.83. The van der Waals surface area contributed by atoms with Gasteiger partial charge in [0.05, 0.1) is 29.7 Å². The molecule has 0 spiro atoms. The van der Waals surface area contributed by atoms with Crippen LogP contribution in [0.25, 0.3) is 0 Å². The summed E-state index contributed by atoms with van der Waals surface area (Å²) in [6, 6.07) is 18.7. The van der Waals surface area contributed by atoms with E-state index in [-0.39, 0.29) is 11.7 Å². The fraction of sp³-hybridized carbons (Fsp3) is 0.0870. The van der Waals surface area contributed by atoms with Crippen LogP contribution in [0.1, 0.15) is 20.7 Å². The maximum atomic E-state index is 12.7. The SMILES string of the molecule is COc1cc(NC(=O)CSc2ccc(Cl)cc2)ccc1N1C(=O)c2ccccc2C1=O. The Bertz CT molecular complexity index is 1150. The standard InChI is InChI=1S/C23H17ClN2O4S/c1-30-20-12-15(25-21(27)13-31-16-9-6-14(24)7-10-16)8-11-19(20)26-22(28)17-4-2-3-5-18(17)23(26)29/h2-12H,13H2,1H3,(H,25,27). The Hall–Kier alpha value is -3.29. The van der Waals surface area contributed by atoms with Gasteiger partial charge in [0.2, 0.25) is 5.91 Å². The summed E-state index contributed by atoms with van der Waals surface area (Å²) in [6.45, 7) is 0. The number of carbonyl (C=O) groups excluding carboxylic acids is 3. The molecule has 3 aromatic rings. The molecule has 3 aromatic carbocycles. The van der Waals surface area contributed by atoms with Crippen molar-refractivity contribution in [1.82, 2.24) is 0 Å². The van der Waals surface area contributed by atoms with Crippen molar-refractivity contribution >= 4 is 52.5 Å². The summed E-state index contributed by atoms with van der Waals surface area (Å²) in [5.74, 6) is -0.498. The van der Waals surface area contributed by atoms with Gasteiger partial charge < -0.3 is 10.1 Å². The van der Waals surface area contributed by atoms with Crippen LogP contribution in [0, 0.1) is 0 Å². The number of rotatable bonds is 6. The van der Waals surface area contributed by atoms with Crippen molar-refractivity contribution in [3.63, 3.8) is 0 Å². The third-order valence-electron chi connectivity index (χ3n) is 4.68. The molecule has 0 radical (unpaired) electrons. The van der Waals surface area contributed by atoms with E-state index in [0.717, 1.165) is 9.80 Å². The van der Waals surface area contributed by atoms with E-state index in [1.54, 1.807) is 54.6 Å². The van der Waals surface area contributed by atoms with E-state index in [1.165, 1.54) is 18.9 Å². The minimum atomic E-state index is -0.407. The molecule has 0 bridgehead atoms. The van der Waals surface area contributed by atoms with Crippen molar-refractivity contribution in [2.45, 2.75) is 4.90 Å². The lowest BCUT2D eigenvalue weighted by Crippen LogP contribution is -2.29. The topological polar surface area (TPSA) is 75.7 Å². The molecular weight excluding hydrogens is 436 g/mol. The van der Waals surface area contributed by atoms with E-state index < -0.39 is 11.8 Å². The molecule has 1 heterocycles. The lowest BCUT2D eigenvalue weighted by molar-refractivity contribution is -0.113. The van der Waals surface area contributed by atoms with Crippen LogP contribution < -0.4 is 15.0 Å². The molecule has 3 amide bonds. The summed E-state index contributed by atoms with van der Waals surface area (Å²) >= 11 is 7.25. The highest BCUT2D eigenvalue weighted by Gasteiger charge is 2.37. The number of amides is 3. The first-order valence-electron chi connectivity index (χ1n) is 9.32. The van der Waals surface area contributed by atoms with Crippen LogP contribution in [-0.2, 0) is 4.79 Å². The van der Waals surface area contributed by atoms with Crippen LogP contribution >= 0.6 is 23.4 Å². The smallest absolute Gasteiger partial charge is 0.266 e. The number of imide groups is 1. The normalized spacial score (nSPS) is 12.6. The van der Waals surface area contributed by atoms with Gasteiger partial charge in [-0.15, -0.1) is 11.8 Å². The number of hydrogen-bond donors (Lipinski definition) is 1. The molecule has 1 aliphatic rings. The Labute approximate surface area is 188 Å². The van der Waals surface area contributed by atoms with Crippen LogP contribution in [0.2, 0.25) is 5.02 Å². The summed E-state index contributed by atoms with van der Waals surface area (Å²) in [5.41, 5.74) is 1.53. The number of methoxy groups -OCH3 is 1. The summed E-state index contributed by atoms with van der Waals surface area (Å²) in [4.78, 5) is 39.8. The zero-order valence-electron chi connectivity index (χ0n) is 16.4. The highest BCUT2D eigenvalue weighted by atomic mass is 35.5. The number of nitrogens with one attached hydrogen (secondary N) is 1. The van der Waals surface area contributed by atoms with Crippen LogP contribution in [0.5, 0.6) is 5.75 Å². The van der Waals surface area contributed by atoms with Gasteiger partial charge in [0, 0.05) is 21.7 Å². The number of halogens is 1. The summed E-state index contributed by atoms with van der Waals surface area (Å²) in [5, 5.41) is 3.44. The zero-order chi connectivity index (χ0) is 22.0. The van der Waals surface area contributed by atoms with Crippen molar-refractivity contribution in [2.75, 3.05) is 23.1 Å². The first kappa shape index (κ1) is 21.0. The highest BCUT2D eigenvalue weighted by molar-refractivity contribution is 8.00. The second-order valence-electron chi connectivity index (χ2n) is 6.67. The fourth-order valence-electron chi connectivity index (χ4n) is 3.22. The predicted molar refractivity (Wildman–Crippen MR) is 121 cm³/mol. The van der Waals surface area contributed by atoms with Crippen molar-refractivity contribution in [3.8, 4) is 5.75 Å². The van der Waals surface area contributed by atoms with E-state index in [1.807, 2.05) is 12.1 Å². The molecule has 0 atom stereocenters. The lowest BCUT2D eigenvalue weighted by atomic mass is 10.1. The van der Waals surface area contributed by atoms with Crippen molar-refractivity contribution in [3.05, 3.63) is 82.9 Å². The number of benzene rings is 3. The molecule has 0 unspecified atom stereocenters. The van der Waals surface area contributed by atoms with E-state index in [9.17, 15) is 14.4 Å². The van der Waals surface area contributed by atoms with Gasteiger partial charge in [0.15, 0.2) is 0 Å². The van der Waals surface area contributed by atoms with Gasteiger partial charge in [-0.2, -0.15) is 0 Å². The number of carbonyl (C=O) groups is 3. The molecule has 1 N–H and O–H groups in total. The Morgan fingerprint density at radius 3 is 2.26 bits per heavy atom. The van der Waals surface area contributed by atoms with E-state index in [4.69, 9.17) is 16.3 Å². The summed E-state index contributed by atoms with van der Waals surface area (Å²) in [7, 11) is 1.44. The largest absolute Gasteiger partial charge is 0.494 e. The van der Waals surface area contributed by atoms with Gasteiger partial charge in [-0.3, -0.25) is 14.4 Å². The van der Waals surface area contributed by atoms with Crippen molar-refractivity contribution in [1.29, 1.82) is 0 Å². The maximum absolute atomic E-state index is 12.7. The van der Waals surface area contributed by atoms with Gasteiger partial charge in [-0.1, -0.05) is 23.7 Å². The van der Waals surface area contributed by atoms with E-state index in [2.05, 4.69) is 5.32 Å².